The molecule has 4 rings (SSSR count). The third-order valence-electron chi connectivity index (χ3n) is 5.59. The Balaban J connectivity index is 1.82. The van der Waals surface area contributed by atoms with Gasteiger partial charge in [0.1, 0.15) is 6.54 Å². The molecule has 0 saturated carbocycles. The maximum absolute atomic E-state index is 13.2. The number of aromatic nitrogens is 2. The molecule has 6 nitrogen and oxygen atoms in total. The van der Waals surface area contributed by atoms with Crippen molar-refractivity contribution in [2.45, 2.75) is 39.3 Å². The highest BCUT2D eigenvalue weighted by molar-refractivity contribution is 5.96. The Hall–Kier alpha value is -3.15. The SMILES string of the molecule is CC[C@@H](C)n1c(=O)c2ccccc2n(CC(=O)N2CCc3ccccc32)c1=O. The molecule has 1 aliphatic rings. The number of carbonyl (C=O) groups is 1. The van der Waals surface area contributed by atoms with Gasteiger partial charge in [-0.25, -0.2) is 4.79 Å². The van der Waals surface area contributed by atoms with Crippen molar-refractivity contribution in [3.8, 4) is 0 Å². The summed E-state index contributed by atoms with van der Waals surface area (Å²) in [5, 5.41) is 0.456. The number of anilines is 1. The number of benzene rings is 2. The maximum atomic E-state index is 13.2. The van der Waals surface area contributed by atoms with Crippen LogP contribution in [0.25, 0.3) is 10.9 Å². The van der Waals surface area contributed by atoms with Crippen LogP contribution in [0, 0.1) is 0 Å². The Morgan fingerprint density at radius 2 is 1.79 bits per heavy atom. The van der Waals surface area contributed by atoms with E-state index < -0.39 is 5.69 Å². The highest BCUT2D eigenvalue weighted by atomic mass is 16.2. The van der Waals surface area contributed by atoms with Gasteiger partial charge in [-0.15, -0.1) is 0 Å². The Labute approximate surface area is 162 Å². The summed E-state index contributed by atoms with van der Waals surface area (Å²) in [6.07, 6.45) is 1.46. The first-order valence-corrected chi connectivity index (χ1v) is 9.65. The van der Waals surface area contributed by atoms with Crippen LogP contribution in [0.15, 0.2) is 58.1 Å². The summed E-state index contributed by atoms with van der Waals surface area (Å²) >= 11 is 0. The molecule has 2 heterocycles. The molecule has 0 saturated heterocycles. The predicted molar refractivity (Wildman–Crippen MR) is 110 cm³/mol. The smallest absolute Gasteiger partial charge is 0.310 e. The first-order chi connectivity index (χ1) is 13.5. The monoisotopic (exact) mass is 377 g/mol. The minimum atomic E-state index is -0.432. The number of hydrogen-bond donors (Lipinski definition) is 0. The van der Waals surface area contributed by atoms with Gasteiger partial charge in [-0.3, -0.25) is 18.7 Å². The fourth-order valence-corrected chi connectivity index (χ4v) is 3.88. The molecule has 144 valence electrons. The Morgan fingerprint density at radius 1 is 1.07 bits per heavy atom. The van der Waals surface area contributed by atoms with Crippen molar-refractivity contribution in [3.05, 3.63) is 74.9 Å². The average Bonchev–Trinajstić information content (AvgIpc) is 3.15. The van der Waals surface area contributed by atoms with E-state index in [1.165, 1.54) is 9.13 Å². The van der Waals surface area contributed by atoms with Crippen LogP contribution in [0.4, 0.5) is 5.69 Å². The summed E-state index contributed by atoms with van der Waals surface area (Å²) < 4.78 is 2.71. The molecule has 1 amide bonds. The van der Waals surface area contributed by atoms with Crippen molar-refractivity contribution in [2.75, 3.05) is 11.4 Å². The van der Waals surface area contributed by atoms with E-state index in [2.05, 4.69) is 0 Å². The standard InChI is InChI=1S/C22H23N3O3/c1-3-15(2)25-21(27)17-9-5-7-11-19(17)24(22(25)28)14-20(26)23-13-12-16-8-4-6-10-18(16)23/h4-11,15H,3,12-14H2,1-2H3/t15-/m1/s1. The van der Waals surface area contributed by atoms with Gasteiger partial charge in [0.05, 0.1) is 10.9 Å². The van der Waals surface area contributed by atoms with Crippen LogP contribution in [0.5, 0.6) is 0 Å². The summed E-state index contributed by atoms with van der Waals surface area (Å²) in [5.74, 6) is -0.147. The highest BCUT2D eigenvalue weighted by Crippen LogP contribution is 2.27. The molecule has 0 fully saturated rings. The van der Waals surface area contributed by atoms with Crippen molar-refractivity contribution in [3.63, 3.8) is 0 Å². The molecule has 3 aromatic rings. The molecule has 1 aliphatic heterocycles. The second kappa shape index (κ2) is 7.11. The van der Waals surface area contributed by atoms with Gasteiger partial charge < -0.3 is 4.90 Å². The zero-order valence-corrected chi connectivity index (χ0v) is 16.1. The van der Waals surface area contributed by atoms with Crippen LogP contribution in [0.3, 0.4) is 0 Å². The number of fused-ring (bicyclic) bond motifs is 2. The van der Waals surface area contributed by atoms with Crippen LogP contribution >= 0.6 is 0 Å². The van der Waals surface area contributed by atoms with Gasteiger partial charge in [0, 0.05) is 18.3 Å². The third-order valence-corrected chi connectivity index (χ3v) is 5.59. The number of nitrogens with zero attached hydrogens (tertiary/aromatic N) is 3. The van der Waals surface area contributed by atoms with Crippen LogP contribution in [-0.4, -0.2) is 21.6 Å². The molecule has 1 atom stereocenters. The number of carbonyl (C=O) groups excluding carboxylic acids is 1. The Kier molecular flexibility index (Phi) is 4.63. The van der Waals surface area contributed by atoms with E-state index in [9.17, 15) is 14.4 Å². The molecule has 2 aromatic carbocycles. The van der Waals surface area contributed by atoms with Crippen molar-refractivity contribution in [2.24, 2.45) is 0 Å². The molecule has 0 N–H and O–H groups in total. The van der Waals surface area contributed by atoms with Crippen molar-refractivity contribution in [1.29, 1.82) is 0 Å². The van der Waals surface area contributed by atoms with E-state index in [1.54, 1.807) is 29.2 Å². The normalized spacial score (nSPS) is 14.3. The number of amides is 1. The molecule has 28 heavy (non-hydrogen) atoms. The lowest BCUT2D eigenvalue weighted by atomic mass is 10.2. The summed E-state index contributed by atoms with van der Waals surface area (Å²) in [6.45, 7) is 4.29. The largest absolute Gasteiger partial charge is 0.332 e. The van der Waals surface area contributed by atoms with Gasteiger partial charge in [-0.1, -0.05) is 37.3 Å². The molecule has 1 aromatic heterocycles. The number of hydrogen-bond acceptors (Lipinski definition) is 3. The van der Waals surface area contributed by atoms with E-state index in [1.807, 2.05) is 38.1 Å². The lowest BCUT2D eigenvalue weighted by Crippen LogP contribution is -2.44. The van der Waals surface area contributed by atoms with Gasteiger partial charge in [0.2, 0.25) is 5.91 Å². The fraction of sp³-hybridized carbons (Fsp3) is 0.318. The van der Waals surface area contributed by atoms with Crippen molar-refractivity contribution >= 4 is 22.5 Å². The molecule has 0 bridgehead atoms. The quantitative estimate of drug-likeness (QED) is 0.702. The van der Waals surface area contributed by atoms with Crippen molar-refractivity contribution in [1.82, 2.24) is 9.13 Å². The Bertz CT molecular complexity index is 1180. The van der Waals surface area contributed by atoms with Crippen LogP contribution in [-0.2, 0) is 17.8 Å². The number of rotatable bonds is 4. The van der Waals surface area contributed by atoms with Gasteiger partial charge in [-0.05, 0) is 43.5 Å². The number of para-hydroxylation sites is 2. The summed E-state index contributed by atoms with van der Waals surface area (Å²) in [5.41, 5.74) is 1.81. The van der Waals surface area contributed by atoms with Crippen LogP contribution < -0.4 is 16.1 Å². The second-order valence-corrected chi connectivity index (χ2v) is 7.24. The molecule has 0 radical (unpaired) electrons. The Morgan fingerprint density at radius 3 is 2.57 bits per heavy atom. The van der Waals surface area contributed by atoms with E-state index in [4.69, 9.17) is 0 Å². The van der Waals surface area contributed by atoms with Gasteiger partial charge in [0.15, 0.2) is 0 Å². The van der Waals surface area contributed by atoms with Crippen molar-refractivity contribution < 1.29 is 4.79 Å². The van der Waals surface area contributed by atoms with E-state index >= 15 is 0 Å². The topological polar surface area (TPSA) is 64.3 Å². The minimum Gasteiger partial charge on any atom is -0.310 e. The molecule has 6 heteroatoms. The predicted octanol–water partition coefficient (Wildman–Crippen LogP) is 2.72. The molecule has 0 aliphatic carbocycles. The zero-order chi connectivity index (χ0) is 19.8. The second-order valence-electron chi connectivity index (χ2n) is 7.24. The zero-order valence-electron chi connectivity index (χ0n) is 16.1. The van der Waals surface area contributed by atoms with E-state index in [0.29, 0.717) is 23.9 Å². The highest BCUT2D eigenvalue weighted by Gasteiger charge is 2.26. The fourth-order valence-electron chi connectivity index (χ4n) is 3.88. The summed E-state index contributed by atoms with van der Waals surface area (Å²) in [7, 11) is 0. The van der Waals surface area contributed by atoms with E-state index in [-0.39, 0.29) is 24.1 Å². The molecular weight excluding hydrogens is 354 g/mol. The first-order valence-electron chi connectivity index (χ1n) is 9.65. The van der Waals surface area contributed by atoms with Gasteiger partial charge in [-0.2, -0.15) is 0 Å². The molecule has 0 spiro atoms. The summed E-state index contributed by atoms with van der Waals surface area (Å²) in [4.78, 5) is 40.8. The molecule has 0 unspecified atom stereocenters. The van der Waals surface area contributed by atoms with Crippen LogP contribution in [0.1, 0.15) is 31.9 Å². The molecular formula is C22H23N3O3. The lowest BCUT2D eigenvalue weighted by Gasteiger charge is -2.21. The minimum absolute atomic E-state index is 0.0929. The first kappa shape index (κ1) is 18.2. The van der Waals surface area contributed by atoms with Gasteiger partial charge >= 0.3 is 5.69 Å². The third kappa shape index (κ3) is 2.85. The van der Waals surface area contributed by atoms with E-state index in [0.717, 1.165) is 17.7 Å². The average molecular weight is 377 g/mol. The van der Waals surface area contributed by atoms with Crippen LogP contribution in [0.2, 0.25) is 0 Å². The lowest BCUT2D eigenvalue weighted by molar-refractivity contribution is -0.119. The summed E-state index contributed by atoms with van der Waals surface area (Å²) in [6, 6.07) is 14.6. The maximum Gasteiger partial charge on any atom is 0.332 e. The van der Waals surface area contributed by atoms with Gasteiger partial charge in [0.25, 0.3) is 5.56 Å².